The number of phenolic OH excluding ortho intramolecular Hbond substituents is 1. The summed E-state index contributed by atoms with van der Waals surface area (Å²) in [5, 5.41) is 12.6. The zero-order valence-corrected chi connectivity index (χ0v) is 18.5. The van der Waals surface area contributed by atoms with Crippen molar-refractivity contribution in [3.05, 3.63) is 52.9 Å². The van der Waals surface area contributed by atoms with Crippen LogP contribution in [0.2, 0.25) is 0 Å². The van der Waals surface area contributed by atoms with E-state index in [1.54, 1.807) is 20.9 Å². The second-order valence-corrected chi connectivity index (χ2v) is 8.99. The number of anilines is 1. The number of carbonyl (C=O) groups excluding carboxylic acids is 1. The lowest BCUT2D eigenvalue weighted by Gasteiger charge is -2.19. The van der Waals surface area contributed by atoms with E-state index >= 15 is 0 Å². The van der Waals surface area contributed by atoms with Gasteiger partial charge in [0.25, 0.3) is 0 Å². The summed E-state index contributed by atoms with van der Waals surface area (Å²) in [6, 6.07) is 11.1. The highest BCUT2D eigenvalue weighted by atomic mass is 32.2. The molecule has 9 nitrogen and oxygen atoms in total. The first-order chi connectivity index (χ1) is 14.7. The van der Waals surface area contributed by atoms with Crippen LogP contribution in [0.25, 0.3) is 11.0 Å². The van der Waals surface area contributed by atoms with Gasteiger partial charge in [-0.2, -0.15) is 4.31 Å². The fraction of sp³-hybridized carbons (Fsp3) is 0.333. The number of phenols is 1. The second kappa shape index (κ2) is 8.94. The summed E-state index contributed by atoms with van der Waals surface area (Å²) in [4.78, 5) is 24.9. The number of imidazole rings is 1. The van der Waals surface area contributed by atoms with Crippen molar-refractivity contribution in [2.45, 2.75) is 31.7 Å². The van der Waals surface area contributed by atoms with Crippen LogP contribution in [0.15, 0.2) is 52.2 Å². The predicted octanol–water partition coefficient (Wildman–Crippen LogP) is 2.10. The molecule has 166 valence electrons. The molecule has 0 aliphatic heterocycles. The summed E-state index contributed by atoms with van der Waals surface area (Å²) in [7, 11) is -2.07. The summed E-state index contributed by atoms with van der Waals surface area (Å²) in [6.07, 6.45) is -0.0274. The molecule has 0 unspecified atom stereocenters. The lowest BCUT2D eigenvalue weighted by molar-refractivity contribution is -0.116. The topological polar surface area (TPSA) is 114 Å². The molecule has 0 aliphatic carbocycles. The number of nitrogens with one attached hydrogen (secondary N) is 1. The van der Waals surface area contributed by atoms with Gasteiger partial charge in [0.1, 0.15) is 5.75 Å². The number of rotatable bonds is 8. The number of amides is 1. The number of aromatic nitrogens is 2. The Morgan fingerprint density at radius 2 is 1.74 bits per heavy atom. The standard InChI is InChI=1S/C21H26N4O5S/c1-4-24(5-2)31(29,30)15-10-11-19(26)16(14-15)22-20(27)12-13-25-18-9-7-6-8-17(18)23(3)21(25)28/h6-11,14,26H,4-5,12-13H2,1-3H3,(H,22,27). The molecule has 0 spiro atoms. The normalized spacial score (nSPS) is 11.9. The Morgan fingerprint density at radius 3 is 2.39 bits per heavy atom. The number of carbonyl (C=O) groups is 1. The van der Waals surface area contributed by atoms with E-state index in [4.69, 9.17) is 0 Å². The van der Waals surface area contributed by atoms with Crippen LogP contribution in [0.3, 0.4) is 0 Å². The third-order valence-electron chi connectivity index (χ3n) is 5.20. The number of hydrogen-bond donors (Lipinski definition) is 2. The van der Waals surface area contributed by atoms with Gasteiger partial charge in [0, 0.05) is 33.1 Å². The first-order valence-corrected chi connectivity index (χ1v) is 11.4. The van der Waals surface area contributed by atoms with Gasteiger partial charge in [-0.05, 0) is 30.3 Å². The van der Waals surface area contributed by atoms with E-state index < -0.39 is 15.9 Å². The Kier molecular flexibility index (Phi) is 6.51. The maximum Gasteiger partial charge on any atom is 0.328 e. The van der Waals surface area contributed by atoms with Crippen molar-refractivity contribution in [3.63, 3.8) is 0 Å². The molecule has 10 heteroatoms. The van der Waals surface area contributed by atoms with Gasteiger partial charge in [-0.25, -0.2) is 13.2 Å². The first-order valence-electron chi connectivity index (χ1n) is 9.98. The second-order valence-electron chi connectivity index (χ2n) is 7.05. The molecule has 1 aromatic heterocycles. The Balaban J connectivity index is 1.79. The largest absolute Gasteiger partial charge is 0.506 e. The number of nitrogens with zero attached hydrogens (tertiary/aromatic N) is 3. The van der Waals surface area contributed by atoms with E-state index in [1.165, 1.54) is 31.6 Å². The van der Waals surface area contributed by atoms with Crippen molar-refractivity contribution < 1.29 is 18.3 Å². The summed E-state index contributed by atoms with van der Waals surface area (Å²) in [5.41, 5.74) is 1.26. The van der Waals surface area contributed by atoms with Crippen LogP contribution in [0.4, 0.5) is 5.69 Å². The van der Waals surface area contributed by atoms with Crippen LogP contribution >= 0.6 is 0 Å². The molecule has 0 atom stereocenters. The third-order valence-corrected chi connectivity index (χ3v) is 7.25. The van der Waals surface area contributed by atoms with Gasteiger partial charge in [-0.3, -0.25) is 13.9 Å². The summed E-state index contributed by atoms with van der Waals surface area (Å²) < 4.78 is 29.7. The maximum atomic E-state index is 12.7. The predicted molar refractivity (Wildman–Crippen MR) is 119 cm³/mol. The molecule has 0 aliphatic rings. The van der Waals surface area contributed by atoms with Gasteiger partial charge in [0.05, 0.1) is 21.6 Å². The van der Waals surface area contributed by atoms with Crippen LogP contribution in [0.5, 0.6) is 5.75 Å². The minimum atomic E-state index is -3.74. The molecular weight excluding hydrogens is 420 g/mol. The SMILES string of the molecule is CCN(CC)S(=O)(=O)c1ccc(O)c(NC(=O)CCn2c(=O)n(C)c3ccccc32)c1. The lowest BCUT2D eigenvalue weighted by atomic mass is 10.2. The van der Waals surface area contributed by atoms with Gasteiger partial charge in [0.15, 0.2) is 0 Å². The van der Waals surface area contributed by atoms with Crippen molar-refractivity contribution in [2.75, 3.05) is 18.4 Å². The molecule has 2 aromatic carbocycles. The number of sulfonamides is 1. The highest BCUT2D eigenvalue weighted by Crippen LogP contribution is 2.28. The molecule has 3 rings (SSSR count). The highest BCUT2D eigenvalue weighted by Gasteiger charge is 2.23. The van der Waals surface area contributed by atoms with Crippen LogP contribution in [0.1, 0.15) is 20.3 Å². The Bertz CT molecular complexity index is 1270. The molecule has 2 N–H and O–H groups in total. The summed E-state index contributed by atoms with van der Waals surface area (Å²) in [6.45, 7) is 4.23. The summed E-state index contributed by atoms with van der Waals surface area (Å²) >= 11 is 0. The lowest BCUT2D eigenvalue weighted by Crippen LogP contribution is -2.30. The monoisotopic (exact) mass is 446 g/mol. The smallest absolute Gasteiger partial charge is 0.328 e. The summed E-state index contributed by atoms with van der Waals surface area (Å²) in [5.74, 6) is -0.693. The average molecular weight is 447 g/mol. The van der Waals surface area contributed by atoms with Gasteiger partial charge in [-0.15, -0.1) is 0 Å². The molecule has 0 radical (unpaired) electrons. The molecule has 1 heterocycles. The Hall–Kier alpha value is -3.11. The van der Waals surface area contributed by atoms with Crippen LogP contribution in [0, 0.1) is 0 Å². The minimum absolute atomic E-state index is 0.00324. The Labute approximate surface area is 180 Å². The van der Waals surface area contributed by atoms with E-state index in [1.807, 2.05) is 24.3 Å². The molecule has 3 aromatic rings. The zero-order chi connectivity index (χ0) is 22.8. The highest BCUT2D eigenvalue weighted by molar-refractivity contribution is 7.89. The van der Waals surface area contributed by atoms with Gasteiger partial charge < -0.3 is 10.4 Å². The Morgan fingerprint density at radius 1 is 1.10 bits per heavy atom. The molecule has 0 bridgehead atoms. The molecule has 0 fully saturated rings. The van der Waals surface area contributed by atoms with Gasteiger partial charge in [-0.1, -0.05) is 26.0 Å². The van der Waals surface area contributed by atoms with Crippen molar-refractivity contribution in [3.8, 4) is 5.75 Å². The van der Waals surface area contributed by atoms with Crippen molar-refractivity contribution in [1.82, 2.24) is 13.4 Å². The molecule has 1 amide bonds. The number of aromatic hydroxyl groups is 1. The van der Waals surface area contributed by atoms with E-state index in [0.29, 0.717) is 13.1 Å². The molecule has 31 heavy (non-hydrogen) atoms. The van der Waals surface area contributed by atoms with Crippen LogP contribution in [-0.2, 0) is 28.4 Å². The maximum absolute atomic E-state index is 12.7. The molecular formula is C21H26N4O5S. The van der Waals surface area contributed by atoms with E-state index in [2.05, 4.69) is 5.32 Å². The quantitative estimate of drug-likeness (QED) is 0.515. The van der Waals surface area contributed by atoms with Crippen LogP contribution < -0.4 is 11.0 Å². The number of fused-ring (bicyclic) bond motifs is 1. The number of para-hydroxylation sites is 2. The van der Waals surface area contributed by atoms with E-state index in [9.17, 15) is 23.1 Å². The van der Waals surface area contributed by atoms with Gasteiger partial charge >= 0.3 is 5.69 Å². The molecule has 0 saturated heterocycles. The van der Waals surface area contributed by atoms with Crippen molar-refractivity contribution in [1.29, 1.82) is 0 Å². The number of hydrogen-bond acceptors (Lipinski definition) is 5. The fourth-order valence-corrected chi connectivity index (χ4v) is 4.98. The number of benzene rings is 2. The van der Waals surface area contributed by atoms with Gasteiger partial charge in [0.2, 0.25) is 15.9 Å². The van der Waals surface area contributed by atoms with Crippen molar-refractivity contribution >= 4 is 32.7 Å². The third kappa shape index (κ3) is 4.35. The van der Waals surface area contributed by atoms with E-state index in [-0.39, 0.29) is 35.0 Å². The minimum Gasteiger partial charge on any atom is -0.506 e. The number of aryl methyl sites for hydroxylation is 2. The fourth-order valence-electron chi connectivity index (χ4n) is 3.49. The first kappa shape index (κ1) is 22.6. The zero-order valence-electron chi connectivity index (χ0n) is 17.7. The molecule has 0 saturated carbocycles. The van der Waals surface area contributed by atoms with E-state index in [0.717, 1.165) is 11.0 Å². The average Bonchev–Trinajstić information content (AvgIpc) is 2.99. The van der Waals surface area contributed by atoms with Crippen LogP contribution in [-0.4, -0.2) is 46.0 Å². The van der Waals surface area contributed by atoms with Crippen molar-refractivity contribution in [2.24, 2.45) is 7.05 Å².